The van der Waals surface area contributed by atoms with Crippen molar-refractivity contribution in [1.29, 1.82) is 0 Å². The second-order valence-electron chi connectivity index (χ2n) is 4.32. The molecule has 2 atom stereocenters. The summed E-state index contributed by atoms with van der Waals surface area (Å²) in [6.07, 6.45) is 2.47. The van der Waals surface area contributed by atoms with Gasteiger partial charge in [0.1, 0.15) is 12.1 Å². The fourth-order valence-corrected chi connectivity index (χ4v) is 2.22. The Morgan fingerprint density at radius 2 is 2.17 bits per heavy atom. The van der Waals surface area contributed by atoms with Crippen molar-refractivity contribution < 1.29 is 9.59 Å². The summed E-state index contributed by atoms with van der Waals surface area (Å²) in [5, 5.41) is 0. The fourth-order valence-electron chi connectivity index (χ4n) is 2.22. The molecule has 1 rings (SSSR count). The molecule has 0 radical (unpaired) electrons. The molecule has 0 aliphatic heterocycles. The lowest BCUT2D eigenvalue weighted by Gasteiger charge is -2.50. The predicted molar refractivity (Wildman–Crippen MR) is 46.7 cm³/mol. The summed E-state index contributed by atoms with van der Waals surface area (Å²) in [6, 6.07) is 0. The average molecular weight is 168 g/mol. The molecule has 1 aliphatic carbocycles. The lowest BCUT2D eigenvalue weighted by atomic mass is 9.53. The average Bonchev–Trinajstić information content (AvgIpc) is 1.96. The van der Waals surface area contributed by atoms with Crippen molar-refractivity contribution in [3.8, 4) is 0 Å². The van der Waals surface area contributed by atoms with Crippen LogP contribution in [-0.2, 0) is 9.59 Å². The molecule has 1 saturated carbocycles. The second-order valence-corrected chi connectivity index (χ2v) is 4.32. The van der Waals surface area contributed by atoms with E-state index in [1.165, 1.54) is 0 Å². The monoisotopic (exact) mass is 168 g/mol. The standard InChI is InChI=1S/C10H16O2/c1-7(12)9-6-8(4-5-11)10(9,2)3/h5,8-9H,4,6H2,1-3H3/t8-,9+/m0/s1. The molecule has 0 heterocycles. The molecule has 0 amide bonds. The Hall–Kier alpha value is -0.660. The van der Waals surface area contributed by atoms with Gasteiger partial charge in [-0.3, -0.25) is 4.79 Å². The zero-order valence-electron chi connectivity index (χ0n) is 7.96. The van der Waals surface area contributed by atoms with E-state index in [1.807, 2.05) is 0 Å². The maximum Gasteiger partial charge on any atom is 0.133 e. The summed E-state index contributed by atoms with van der Waals surface area (Å²) < 4.78 is 0. The van der Waals surface area contributed by atoms with Gasteiger partial charge in [0, 0.05) is 12.3 Å². The van der Waals surface area contributed by atoms with Crippen LogP contribution in [0.3, 0.4) is 0 Å². The molecule has 1 aliphatic rings. The molecular formula is C10H16O2. The summed E-state index contributed by atoms with van der Waals surface area (Å²) >= 11 is 0. The van der Waals surface area contributed by atoms with Crippen LogP contribution in [0.4, 0.5) is 0 Å². The largest absolute Gasteiger partial charge is 0.303 e. The van der Waals surface area contributed by atoms with Crippen LogP contribution in [0.2, 0.25) is 0 Å². The number of aldehydes is 1. The summed E-state index contributed by atoms with van der Waals surface area (Å²) in [5.74, 6) is 0.869. The summed E-state index contributed by atoms with van der Waals surface area (Å²) in [6.45, 7) is 5.80. The van der Waals surface area contributed by atoms with E-state index in [9.17, 15) is 9.59 Å². The van der Waals surface area contributed by atoms with Gasteiger partial charge in [-0.15, -0.1) is 0 Å². The van der Waals surface area contributed by atoms with Gasteiger partial charge in [-0.1, -0.05) is 13.8 Å². The van der Waals surface area contributed by atoms with Gasteiger partial charge in [-0.25, -0.2) is 0 Å². The van der Waals surface area contributed by atoms with Gasteiger partial charge in [-0.2, -0.15) is 0 Å². The number of rotatable bonds is 3. The van der Waals surface area contributed by atoms with E-state index in [0.717, 1.165) is 12.7 Å². The number of hydrogen-bond donors (Lipinski definition) is 0. The van der Waals surface area contributed by atoms with Crippen molar-refractivity contribution in [3.63, 3.8) is 0 Å². The molecule has 0 N–H and O–H groups in total. The number of carbonyl (C=O) groups is 2. The topological polar surface area (TPSA) is 34.1 Å². The second kappa shape index (κ2) is 3.00. The van der Waals surface area contributed by atoms with E-state index >= 15 is 0 Å². The van der Waals surface area contributed by atoms with Gasteiger partial charge in [0.25, 0.3) is 0 Å². The molecule has 0 bridgehead atoms. The van der Waals surface area contributed by atoms with E-state index in [4.69, 9.17) is 0 Å². The highest BCUT2D eigenvalue weighted by atomic mass is 16.1. The number of Topliss-reactive ketones (excluding diaryl/α,β-unsaturated/α-hetero) is 1. The highest BCUT2D eigenvalue weighted by molar-refractivity contribution is 5.80. The maximum atomic E-state index is 11.1. The number of hydrogen-bond acceptors (Lipinski definition) is 2. The molecular weight excluding hydrogens is 152 g/mol. The zero-order chi connectivity index (χ0) is 9.35. The molecule has 0 aromatic carbocycles. The summed E-state index contributed by atoms with van der Waals surface area (Å²) in [5.41, 5.74) is 0.0484. The fraction of sp³-hybridized carbons (Fsp3) is 0.800. The lowest BCUT2D eigenvalue weighted by molar-refractivity contribution is -0.138. The third-order valence-electron chi connectivity index (χ3n) is 3.34. The molecule has 0 aromatic rings. The lowest BCUT2D eigenvalue weighted by Crippen LogP contribution is -2.48. The first-order valence-electron chi connectivity index (χ1n) is 4.44. The molecule has 2 heteroatoms. The van der Waals surface area contributed by atoms with Crippen LogP contribution in [0.1, 0.15) is 33.6 Å². The first kappa shape index (κ1) is 9.43. The normalized spacial score (nSPS) is 32.2. The number of carbonyl (C=O) groups excluding carboxylic acids is 2. The van der Waals surface area contributed by atoms with Gasteiger partial charge in [0.2, 0.25) is 0 Å². The van der Waals surface area contributed by atoms with Gasteiger partial charge in [0.15, 0.2) is 0 Å². The van der Waals surface area contributed by atoms with Crippen LogP contribution in [0.5, 0.6) is 0 Å². The van der Waals surface area contributed by atoms with Crippen molar-refractivity contribution in [2.24, 2.45) is 17.3 Å². The van der Waals surface area contributed by atoms with E-state index < -0.39 is 0 Å². The minimum atomic E-state index is 0.0484. The highest BCUT2D eigenvalue weighted by Gasteiger charge is 2.49. The molecule has 1 fully saturated rings. The Kier molecular flexibility index (Phi) is 2.36. The van der Waals surface area contributed by atoms with Gasteiger partial charge >= 0.3 is 0 Å². The molecule has 68 valence electrons. The van der Waals surface area contributed by atoms with Gasteiger partial charge < -0.3 is 4.79 Å². The molecule has 2 nitrogen and oxygen atoms in total. The maximum absolute atomic E-state index is 11.1. The van der Waals surface area contributed by atoms with Crippen LogP contribution in [-0.4, -0.2) is 12.1 Å². The Labute approximate surface area is 73.3 Å². The van der Waals surface area contributed by atoms with Crippen LogP contribution in [0.25, 0.3) is 0 Å². The summed E-state index contributed by atoms with van der Waals surface area (Å²) in [7, 11) is 0. The molecule has 0 aromatic heterocycles. The van der Waals surface area contributed by atoms with Crippen LogP contribution >= 0.6 is 0 Å². The molecule has 0 spiro atoms. The van der Waals surface area contributed by atoms with Gasteiger partial charge in [0.05, 0.1) is 0 Å². The zero-order valence-corrected chi connectivity index (χ0v) is 7.96. The van der Waals surface area contributed by atoms with Crippen molar-refractivity contribution in [2.45, 2.75) is 33.6 Å². The highest BCUT2D eigenvalue weighted by Crippen LogP contribution is 2.52. The van der Waals surface area contributed by atoms with E-state index in [2.05, 4.69) is 13.8 Å². The van der Waals surface area contributed by atoms with Gasteiger partial charge in [-0.05, 0) is 24.7 Å². The van der Waals surface area contributed by atoms with Crippen molar-refractivity contribution in [2.75, 3.05) is 0 Å². The van der Waals surface area contributed by atoms with E-state index in [-0.39, 0.29) is 17.1 Å². The molecule has 0 saturated heterocycles. The minimum absolute atomic E-state index is 0.0484. The SMILES string of the molecule is CC(=O)[C@H]1C[C@H](CC=O)C1(C)C. The first-order valence-corrected chi connectivity index (χ1v) is 4.44. The Bertz CT molecular complexity index is 206. The molecule has 12 heavy (non-hydrogen) atoms. The first-order chi connectivity index (χ1) is 5.50. The summed E-state index contributed by atoms with van der Waals surface area (Å²) in [4.78, 5) is 21.4. The molecule has 0 unspecified atom stereocenters. The number of ketones is 1. The Morgan fingerprint density at radius 3 is 2.50 bits per heavy atom. The Balaban J connectivity index is 2.59. The third kappa shape index (κ3) is 1.30. The van der Waals surface area contributed by atoms with Crippen molar-refractivity contribution in [1.82, 2.24) is 0 Å². The Morgan fingerprint density at radius 1 is 1.58 bits per heavy atom. The van der Waals surface area contributed by atoms with Crippen LogP contribution in [0.15, 0.2) is 0 Å². The quantitative estimate of drug-likeness (QED) is 0.602. The smallest absolute Gasteiger partial charge is 0.133 e. The van der Waals surface area contributed by atoms with Crippen LogP contribution < -0.4 is 0 Å². The van der Waals surface area contributed by atoms with E-state index in [1.54, 1.807) is 6.92 Å². The minimum Gasteiger partial charge on any atom is -0.303 e. The van der Waals surface area contributed by atoms with Crippen LogP contribution in [0, 0.1) is 17.3 Å². The van der Waals surface area contributed by atoms with E-state index in [0.29, 0.717) is 12.3 Å². The van der Waals surface area contributed by atoms with Crippen molar-refractivity contribution in [3.05, 3.63) is 0 Å². The predicted octanol–water partition coefficient (Wildman–Crippen LogP) is 1.83. The third-order valence-corrected chi connectivity index (χ3v) is 3.34. The van der Waals surface area contributed by atoms with Crippen molar-refractivity contribution >= 4 is 12.1 Å².